The predicted molar refractivity (Wildman–Crippen MR) is 76.8 cm³/mol. The molecule has 1 saturated carbocycles. The Labute approximate surface area is 124 Å². The second-order valence-electron chi connectivity index (χ2n) is 5.27. The number of hydrogen-bond acceptors (Lipinski definition) is 4. The highest BCUT2D eigenvalue weighted by Crippen LogP contribution is 2.45. The van der Waals surface area contributed by atoms with E-state index in [-0.39, 0.29) is 11.4 Å². The monoisotopic (exact) mass is 313 g/mol. The molecule has 1 aromatic carbocycles. The molecule has 0 atom stereocenters. The van der Waals surface area contributed by atoms with E-state index in [0.717, 1.165) is 5.56 Å². The Kier molecular flexibility index (Phi) is 4.25. The molecule has 1 aromatic rings. The van der Waals surface area contributed by atoms with Gasteiger partial charge in [-0.1, -0.05) is 0 Å². The molecule has 0 amide bonds. The molecule has 2 rings (SSSR count). The van der Waals surface area contributed by atoms with Crippen molar-refractivity contribution in [3.63, 3.8) is 0 Å². The summed E-state index contributed by atoms with van der Waals surface area (Å²) in [6.07, 6.45) is 1.01. The first-order valence-corrected chi connectivity index (χ1v) is 8.25. The lowest BCUT2D eigenvalue weighted by atomic mass is 10.1. The third-order valence-electron chi connectivity index (χ3n) is 3.66. The SMILES string of the molecule is CCOc1ccc(S(=O)(=O)NCC2(C(=O)O)CC2)cc1C. The summed E-state index contributed by atoms with van der Waals surface area (Å²) in [5.74, 6) is -0.311. The Balaban J connectivity index is 2.13. The van der Waals surface area contributed by atoms with E-state index in [1.165, 1.54) is 12.1 Å². The third-order valence-corrected chi connectivity index (χ3v) is 5.06. The van der Waals surface area contributed by atoms with Crippen molar-refractivity contribution in [2.24, 2.45) is 5.41 Å². The molecule has 21 heavy (non-hydrogen) atoms. The van der Waals surface area contributed by atoms with Crippen molar-refractivity contribution in [1.29, 1.82) is 0 Å². The molecule has 0 saturated heterocycles. The van der Waals surface area contributed by atoms with Crippen LogP contribution in [-0.2, 0) is 14.8 Å². The van der Waals surface area contributed by atoms with E-state index in [0.29, 0.717) is 25.2 Å². The molecule has 116 valence electrons. The lowest BCUT2D eigenvalue weighted by Gasteiger charge is -2.13. The molecular weight excluding hydrogens is 294 g/mol. The Morgan fingerprint density at radius 3 is 2.57 bits per heavy atom. The van der Waals surface area contributed by atoms with Gasteiger partial charge in [-0.25, -0.2) is 13.1 Å². The van der Waals surface area contributed by atoms with Crippen LogP contribution in [0.15, 0.2) is 23.1 Å². The van der Waals surface area contributed by atoms with Crippen LogP contribution in [-0.4, -0.2) is 32.6 Å². The number of carboxylic acid groups (broad SMARTS) is 1. The fourth-order valence-corrected chi connectivity index (χ4v) is 3.25. The summed E-state index contributed by atoms with van der Waals surface area (Å²) in [4.78, 5) is 11.2. The van der Waals surface area contributed by atoms with E-state index in [9.17, 15) is 13.2 Å². The smallest absolute Gasteiger partial charge is 0.310 e. The van der Waals surface area contributed by atoms with Gasteiger partial charge in [0.1, 0.15) is 5.75 Å². The molecule has 1 fully saturated rings. The summed E-state index contributed by atoms with van der Waals surface area (Å²) in [5, 5.41) is 9.06. The second-order valence-corrected chi connectivity index (χ2v) is 7.04. The molecule has 7 heteroatoms. The van der Waals surface area contributed by atoms with Gasteiger partial charge in [0.05, 0.1) is 16.9 Å². The number of carboxylic acids is 1. The number of aryl methyl sites for hydroxylation is 1. The first-order valence-electron chi connectivity index (χ1n) is 6.77. The van der Waals surface area contributed by atoms with Crippen molar-refractivity contribution >= 4 is 16.0 Å². The van der Waals surface area contributed by atoms with Crippen molar-refractivity contribution in [2.45, 2.75) is 31.6 Å². The zero-order valence-corrected chi connectivity index (χ0v) is 12.9. The average Bonchev–Trinajstić information content (AvgIpc) is 3.20. The lowest BCUT2D eigenvalue weighted by Crippen LogP contribution is -2.34. The van der Waals surface area contributed by atoms with Gasteiger partial charge in [-0.15, -0.1) is 0 Å². The zero-order valence-electron chi connectivity index (χ0n) is 12.0. The molecule has 6 nitrogen and oxygen atoms in total. The van der Waals surface area contributed by atoms with Gasteiger partial charge in [-0.05, 0) is 50.5 Å². The van der Waals surface area contributed by atoms with Gasteiger partial charge in [0.2, 0.25) is 10.0 Å². The van der Waals surface area contributed by atoms with E-state index in [4.69, 9.17) is 9.84 Å². The van der Waals surface area contributed by atoms with Crippen LogP contribution in [0.4, 0.5) is 0 Å². The second kappa shape index (κ2) is 5.65. The Bertz CT molecular complexity index is 649. The number of benzene rings is 1. The molecule has 0 aliphatic heterocycles. The first-order chi connectivity index (χ1) is 9.81. The van der Waals surface area contributed by atoms with Crippen LogP contribution in [0.2, 0.25) is 0 Å². The third kappa shape index (κ3) is 3.36. The predicted octanol–water partition coefficient (Wildman–Crippen LogP) is 1.54. The lowest BCUT2D eigenvalue weighted by molar-refractivity contribution is -0.143. The van der Waals surface area contributed by atoms with Gasteiger partial charge in [-0.2, -0.15) is 0 Å². The van der Waals surface area contributed by atoms with Gasteiger partial charge in [0.25, 0.3) is 0 Å². The van der Waals surface area contributed by atoms with Crippen LogP contribution in [0.3, 0.4) is 0 Å². The minimum Gasteiger partial charge on any atom is -0.494 e. The van der Waals surface area contributed by atoms with Crippen molar-refractivity contribution in [3.05, 3.63) is 23.8 Å². The van der Waals surface area contributed by atoms with E-state index >= 15 is 0 Å². The van der Waals surface area contributed by atoms with Crippen molar-refractivity contribution < 1.29 is 23.1 Å². The highest BCUT2D eigenvalue weighted by molar-refractivity contribution is 7.89. The number of sulfonamides is 1. The number of carbonyl (C=O) groups is 1. The van der Waals surface area contributed by atoms with E-state index < -0.39 is 21.4 Å². The normalized spacial score (nSPS) is 16.5. The average molecular weight is 313 g/mol. The molecule has 0 bridgehead atoms. The van der Waals surface area contributed by atoms with Crippen LogP contribution < -0.4 is 9.46 Å². The zero-order chi connectivity index (χ0) is 15.7. The van der Waals surface area contributed by atoms with Crippen molar-refractivity contribution in [1.82, 2.24) is 4.72 Å². The summed E-state index contributed by atoms with van der Waals surface area (Å²) >= 11 is 0. The quantitative estimate of drug-likeness (QED) is 0.796. The maximum Gasteiger partial charge on any atom is 0.310 e. The molecule has 0 spiro atoms. The maximum atomic E-state index is 12.2. The molecule has 0 aromatic heterocycles. The van der Waals surface area contributed by atoms with Crippen LogP contribution in [0.1, 0.15) is 25.3 Å². The summed E-state index contributed by atoms with van der Waals surface area (Å²) < 4.78 is 32.2. The van der Waals surface area contributed by atoms with Gasteiger partial charge in [-0.3, -0.25) is 4.79 Å². The fourth-order valence-electron chi connectivity index (χ4n) is 2.04. The Morgan fingerprint density at radius 1 is 1.43 bits per heavy atom. The number of rotatable bonds is 7. The molecule has 0 radical (unpaired) electrons. The number of aliphatic carboxylic acids is 1. The summed E-state index contributed by atoms with van der Waals surface area (Å²) in [5.41, 5.74) is -0.202. The minimum atomic E-state index is -3.71. The fraction of sp³-hybridized carbons (Fsp3) is 0.500. The number of nitrogens with one attached hydrogen (secondary N) is 1. The minimum absolute atomic E-state index is 0.0725. The molecule has 0 heterocycles. The van der Waals surface area contributed by atoms with E-state index in [1.807, 2.05) is 6.92 Å². The highest BCUT2D eigenvalue weighted by atomic mass is 32.2. The Morgan fingerprint density at radius 2 is 2.10 bits per heavy atom. The van der Waals surface area contributed by atoms with E-state index in [1.54, 1.807) is 13.0 Å². The number of hydrogen-bond donors (Lipinski definition) is 2. The summed E-state index contributed by atoms with van der Waals surface area (Å²) in [6.45, 7) is 4.06. The molecular formula is C14H19NO5S. The van der Waals surface area contributed by atoms with Gasteiger partial charge < -0.3 is 9.84 Å². The largest absolute Gasteiger partial charge is 0.494 e. The summed E-state index contributed by atoms with van der Waals surface area (Å²) in [7, 11) is -3.71. The maximum absolute atomic E-state index is 12.2. The van der Waals surface area contributed by atoms with E-state index in [2.05, 4.69) is 4.72 Å². The number of ether oxygens (including phenoxy) is 1. The Hall–Kier alpha value is -1.60. The first kappa shape index (κ1) is 15.8. The van der Waals surface area contributed by atoms with Crippen LogP contribution in [0, 0.1) is 12.3 Å². The van der Waals surface area contributed by atoms with Gasteiger partial charge in [0.15, 0.2) is 0 Å². The molecule has 1 aliphatic carbocycles. The topological polar surface area (TPSA) is 92.7 Å². The highest BCUT2D eigenvalue weighted by Gasteiger charge is 2.50. The van der Waals surface area contributed by atoms with Gasteiger partial charge in [0, 0.05) is 6.54 Å². The molecule has 1 aliphatic rings. The molecule has 0 unspecified atom stereocenters. The molecule has 2 N–H and O–H groups in total. The van der Waals surface area contributed by atoms with Crippen molar-refractivity contribution in [2.75, 3.05) is 13.2 Å². The van der Waals surface area contributed by atoms with Crippen LogP contribution in [0.25, 0.3) is 0 Å². The van der Waals surface area contributed by atoms with Gasteiger partial charge >= 0.3 is 5.97 Å². The summed E-state index contributed by atoms with van der Waals surface area (Å²) in [6, 6.07) is 4.59. The van der Waals surface area contributed by atoms with Crippen LogP contribution >= 0.6 is 0 Å². The van der Waals surface area contributed by atoms with Crippen LogP contribution in [0.5, 0.6) is 5.75 Å². The van der Waals surface area contributed by atoms with Crippen molar-refractivity contribution in [3.8, 4) is 5.75 Å². The standard InChI is InChI=1S/C14H19NO5S/c1-3-20-12-5-4-11(8-10(12)2)21(18,19)15-9-14(6-7-14)13(16)17/h4-5,8,15H,3,6-7,9H2,1-2H3,(H,16,17).